The van der Waals surface area contributed by atoms with Gasteiger partial charge in [-0.2, -0.15) is 0 Å². The van der Waals surface area contributed by atoms with Gasteiger partial charge in [0.2, 0.25) is 5.95 Å². The fourth-order valence-electron chi connectivity index (χ4n) is 4.16. The van der Waals surface area contributed by atoms with Crippen molar-refractivity contribution >= 4 is 5.95 Å². The summed E-state index contributed by atoms with van der Waals surface area (Å²) in [4.78, 5) is 14.1. The van der Waals surface area contributed by atoms with Gasteiger partial charge in [-0.1, -0.05) is 30.3 Å². The van der Waals surface area contributed by atoms with E-state index in [9.17, 15) is 0 Å². The van der Waals surface area contributed by atoms with Crippen LogP contribution in [0.2, 0.25) is 0 Å². The molecule has 1 N–H and O–H groups in total. The summed E-state index contributed by atoms with van der Waals surface area (Å²) in [5.74, 6) is 1.45. The summed E-state index contributed by atoms with van der Waals surface area (Å²) in [5, 5.41) is 3.29. The summed E-state index contributed by atoms with van der Waals surface area (Å²) in [6.07, 6.45) is 6.55. The number of likely N-dealkylation sites (tertiary alicyclic amines) is 1. The van der Waals surface area contributed by atoms with Crippen molar-refractivity contribution in [2.45, 2.75) is 25.9 Å². The van der Waals surface area contributed by atoms with Gasteiger partial charge in [0.25, 0.3) is 0 Å². The molecule has 0 amide bonds. The van der Waals surface area contributed by atoms with Gasteiger partial charge in [-0.05, 0) is 30.9 Å². The van der Waals surface area contributed by atoms with Crippen LogP contribution in [-0.4, -0.2) is 65.7 Å². The number of benzene rings is 1. The van der Waals surface area contributed by atoms with Crippen molar-refractivity contribution in [1.82, 2.24) is 19.8 Å². The molecule has 0 aliphatic carbocycles. The first-order valence-electron chi connectivity index (χ1n) is 10.5. The largest absolute Gasteiger partial charge is 0.379 e. The summed E-state index contributed by atoms with van der Waals surface area (Å²) in [6, 6.07) is 10.3. The van der Waals surface area contributed by atoms with E-state index in [-0.39, 0.29) is 0 Å². The van der Waals surface area contributed by atoms with Gasteiger partial charge in [0.1, 0.15) is 0 Å². The van der Waals surface area contributed by atoms with Crippen LogP contribution >= 0.6 is 0 Å². The minimum absolute atomic E-state index is 0.691. The van der Waals surface area contributed by atoms with Gasteiger partial charge < -0.3 is 10.1 Å². The molecule has 2 aliphatic heterocycles. The van der Waals surface area contributed by atoms with E-state index in [1.165, 1.54) is 43.6 Å². The summed E-state index contributed by atoms with van der Waals surface area (Å²) < 4.78 is 5.47. The van der Waals surface area contributed by atoms with Crippen LogP contribution in [0.4, 0.5) is 5.95 Å². The first-order chi connectivity index (χ1) is 13.8. The molecule has 2 fully saturated rings. The van der Waals surface area contributed by atoms with Gasteiger partial charge in [-0.25, -0.2) is 9.97 Å². The molecule has 150 valence electrons. The number of ether oxygens (including phenoxy) is 1. The fourth-order valence-corrected chi connectivity index (χ4v) is 4.16. The average molecular weight is 382 g/mol. The summed E-state index contributed by atoms with van der Waals surface area (Å²) in [7, 11) is 0. The van der Waals surface area contributed by atoms with Crippen LogP contribution in [0.1, 0.15) is 24.0 Å². The Hall–Kier alpha value is -2.02. The second-order valence-electron chi connectivity index (χ2n) is 7.91. The number of aromatic nitrogens is 2. The SMILES string of the molecule is c1ccc(CNc2ncc(CN3CCCC(CN4CCOCC4)C3)cn2)cc1. The molecular weight excluding hydrogens is 350 g/mol. The minimum Gasteiger partial charge on any atom is -0.379 e. The molecule has 2 saturated heterocycles. The average Bonchev–Trinajstić information content (AvgIpc) is 2.75. The molecule has 0 bridgehead atoms. The molecular formula is C22H31N5O. The monoisotopic (exact) mass is 381 g/mol. The molecule has 6 nitrogen and oxygen atoms in total. The number of hydrogen-bond acceptors (Lipinski definition) is 6. The highest BCUT2D eigenvalue weighted by Crippen LogP contribution is 2.20. The zero-order valence-electron chi connectivity index (χ0n) is 16.6. The van der Waals surface area contributed by atoms with Crippen LogP contribution in [0, 0.1) is 5.92 Å². The van der Waals surface area contributed by atoms with Crippen molar-refractivity contribution in [3.05, 3.63) is 53.9 Å². The third kappa shape index (κ3) is 5.74. The third-order valence-corrected chi connectivity index (χ3v) is 5.63. The van der Waals surface area contributed by atoms with Crippen molar-refractivity contribution in [1.29, 1.82) is 0 Å². The van der Waals surface area contributed by atoms with Crippen molar-refractivity contribution < 1.29 is 4.74 Å². The van der Waals surface area contributed by atoms with Crippen molar-refractivity contribution in [2.75, 3.05) is 51.3 Å². The summed E-state index contributed by atoms with van der Waals surface area (Å²) >= 11 is 0. The first kappa shape index (κ1) is 19.3. The topological polar surface area (TPSA) is 53.5 Å². The minimum atomic E-state index is 0.691. The molecule has 1 aromatic heterocycles. The Morgan fingerprint density at radius 2 is 1.75 bits per heavy atom. The van der Waals surface area contributed by atoms with Gasteiger partial charge in [0.15, 0.2) is 0 Å². The summed E-state index contributed by atoms with van der Waals surface area (Å²) in [6.45, 7) is 9.19. The van der Waals surface area contributed by atoms with Crippen LogP contribution in [-0.2, 0) is 17.8 Å². The van der Waals surface area contributed by atoms with Gasteiger partial charge in [-0.3, -0.25) is 9.80 Å². The van der Waals surface area contributed by atoms with E-state index in [0.717, 1.165) is 45.3 Å². The van der Waals surface area contributed by atoms with Gasteiger partial charge in [0.05, 0.1) is 13.2 Å². The number of rotatable bonds is 7. The highest BCUT2D eigenvalue weighted by atomic mass is 16.5. The van der Waals surface area contributed by atoms with Crippen LogP contribution in [0.5, 0.6) is 0 Å². The normalized spacial score (nSPS) is 21.5. The Bertz CT molecular complexity index is 703. The van der Waals surface area contributed by atoms with Crippen LogP contribution in [0.25, 0.3) is 0 Å². The third-order valence-electron chi connectivity index (χ3n) is 5.63. The molecule has 0 radical (unpaired) electrons. The molecule has 3 heterocycles. The van der Waals surface area contributed by atoms with E-state index < -0.39 is 0 Å². The standard InChI is InChI=1S/C22H31N5O/c1-2-5-19(6-3-1)13-23-22-24-14-21(15-25-22)18-27-8-4-7-20(17-27)16-26-9-11-28-12-10-26/h1-3,5-6,14-15,20H,4,7-13,16-18H2,(H,23,24,25). The molecule has 6 heteroatoms. The predicted octanol–water partition coefficient (Wildman–Crippen LogP) is 2.63. The predicted molar refractivity (Wildman–Crippen MR) is 111 cm³/mol. The second kappa shape index (κ2) is 9.96. The number of piperidine rings is 1. The molecule has 0 spiro atoms. The van der Waals surface area contributed by atoms with Crippen LogP contribution in [0.15, 0.2) is 42.7 Å². The van der Waals surface area contributed by atoms with E-state index in [4.69, 9.17) is 4.74 Å². The van der Waals surface area contributed by atoms with Crippen LogP contribution in [0.3, 0.4) is 0 Å². The maximum Gasteiger partial charge on any atom is 0.222 e. The van der Waals surface area contributed by atoms with E-state index in [2.05, 4.69) is 37.2 Å². The molecule has 1 aromatic carbocycles. The zero-order chi connectivity index (χ0) is 19.0. The number of anilines is 1. The quantitative estimate of drug-likeness (QED) is 0.796. The number of nitrogens with one attached hydrogen (secondary N) is 1. The molecule has 2 aliphatic rings. The molecule has 4 rings (SSSR count). The maximum absolute atomic E-state index is 5.47. The highest BCUT2D eigenvalue weighted by molar-refractivity contribution is 5.27. The Kier molecular flexibility index (Phi) is 6.87. The number of nitrogens with zero attached hydrogens (tertiary/aromatic N) is 4. The smallest absolute Gasteiger partial charge is 0.222 e. The summed E-state index contributed by atoms with van der Waals surface area (Å²) in [5.41, 5.74) is 2.42. The lowest BCUT2D eigenvalue weighted by Crippen LogP contribution is -2.44. The van der Waals surface area contributed by atoms with Gasteiger partial charge in [-0.15, -0.1) is 0 Å². The van der Waals surface area contributed by atoms with E-state index >= 15 is 0 Å². The Morgan fingerprint density at radius 1 is 0.964 bits per heavy atom. The molecule has 0 saturated carbocycles. The second-order valence-corrected chi connectivity index (χ2v) is 7.91. The van der Waals surface area contributed by atoms with Gasteiger partial charge >= 0.3 is 0 Å². The van der Waals surface area contributed by atoms with Crippen molar-refractivity contribution in [2.24, 2.45) is 5.92 Å². The lowest BCUT2D eigenvalue weighted by molar-refractivity contribution is 0.0224. The highest BCUT2D eigenvalue weighted by Gasteiger charge is 2.23. The van der Waals surface area contributed by atoms with E-state index in [1.54, 1.807) is 0 Å². The molecule has 28 heavy (non-hydrogen) atoms. The van der Waals surface area contributed by atoms with Gasteiger partial charge in [0, 0.05) is 57.2 Å². The molecule has 1 unspecified atom stereocenters. The number of hydrogen-bond donors (Lipinski definition) is 1. The number of morpholine rings is 1. The maximum atomic E-state index is 5.47. The lowest BCUT2D eigenvalue weighted by Gasteiger charge is -2.36. The zero-order valence-corrected chi connectivity index (χ0v) is 16.6. The fraction of sp³-hybridized carbons (Fsp3) is 0.545. The molecule has 2 aromatic rings. The Balaban J connectivity index is 1.24. The molecule has 1 atom stereocenters. The van der Waals surface area contributed by atoms with Crippen LogP contribution < -0.4 is 5.32 Å². The van der Waals surface area contributed by atoms with Crippen molar-refractivity contribution in [3.63, 3.8) is 0 Å². The lowest BCUT2D eigenvalue weighted by atomic mass is 9.97. The Morgan fingerprint density at radius 3 is 2.54 bits per heavy atom. The first-order valence-corrected chi connectivity index (χ1v) is 10.5. The Labute approximate surface area is 167 Å². The van der Waals surface area contributed by atoms with E-state index in [1.807, 2.05) is 30.6 Å². The van der Waals surface area contributed by atoms with E-state index in [0.29, 0.717) is 5.95 Å². The van der Waals surface area contributed by atoms with Crippen molar-refractivity contribution in [3.8, 4) is 0 Å².